The molecule has 0 bridgehead atoms. The van der Waals surface area contributed by atoms with Crippen molar-refractivity contribution in [3.8, 4) is 5.75 Å². The van der Waals surface area contributed by atoms with Crippen molar-refractivity contribution in [2.75, 3.05) is 19.0 Å². The second-order valence-electron chi connectivity index (χ2n) is 10.9. The SMILES string of the molecule is CCCCCCN(C(=O)C(C)NC(=O)OC(C)(C)C)C(C(=O)Nc1ccc(OC)cc1)c1cccc(C)c1C. The van der Waals surface area contributed by atoms with Crippen LogP contribution in [0.4, 0.5) is 10.5 Å². The van der Waals surface area contributed by atoms with Gasteiger partial charge in [-0.15, -0.1) is 0 Å². The monoisotopic (exact) mass is 539 g/mol. The molecule has 0 radical (unpaired) electrons. The molecule has 214 valence electrons. The van der Waals surface area contributed by atoms with Gasteiger partial charge in [-0.3, -0.25) is 9.59 Å². The van der Waals surface area contributed by atoms with Crippen LogP contribution in [0.15, 0.2) is 42.5 Å². The number of hydrogen-bond acceptors (Lipinski definition) is 5. The van der Waals surface area contributed by atoms with Gasteiger partial charge in [-0.2, -0.15) is 0 Å². The topological polar surface area (TPSA) is 97.0 Å². The van der Waals surface area contributed by atoms with Crippen molar-refractivity contribution in [3.63, 3.8) is 0 Å². The minimum atomic E-state index is -0.899. The highest BCUT2D eigenvalue weighted by Gasteiger charge is 2.35. The fourth-order valence-electron chi connectivity index (χ4n) is 4.28. The van der Waals surface area contributed by atoms with E-state index in [0.717, 1.165) is 42.4 Å². The Morgan fingerprint density at radius 2 is 1.64 bits per heavy atom. The third-order valence-electron chi connectivity index (χ3n) is 6.50. The molecular formula is C31H45N3O5. The zero-order chi connectivity index (χ0) is 29.2. The summed E-state index contributed by atoms with van der Waals surface area (Å²) in [5.74, 6) is -0.0100. The Morgan fingerprint density at radius 3 is 2.23 bits per heavy atom. The molecule has 0 aromatic heterocycles. The standard InChI is InChI=1S/C31H45N3O5/c1-9-10-11-12-20-34(29(36)23(4)32-30(37)39-31(5,6)7)27(26-15-13-14-21(2)22(26)3)28(35)33-24-16-18-25(38-8)19-17-24/h13-19,23,27H,9-12,20H2,1-8H3,(H,32,37)(H,33,35). The van der Waals surface area contributed by atoms with Crippen molar-refractivity contribution in [1.29, 1.82) is 0 Å². The molecule has 0 aliphatic carbocycles. The van der Waals surface area contributed by atoms with Crippen LogP contribution in [0.5, 0.6) is 5.75 Å². The van der Waals surface area contributed by atoms with Gasteiger partial charge in [-0.1, -0.05) is 44.4 Å². The number of unbranched alkanes of at least 4 members (excludes halogenated alkanes) is 3. The highest BCUT2D eigenvalue weighted by Crippen LogP contribution is 2.29. The zero-order valence-corrected chi connectivity index (χ0v) is 24.7. The highest BCUT2D eigenvalue weighted by atomic mass is 16.6. The van der Waals surface area contributed by atoms with E-state index in [4.69, 9.17) is 9.47 Å². The van der Waals surface area contributed by atoms with E-state index in [0.29, 0.717) is 18.0 Å². The third-order valence-corrected chi connectivity index (χ3v) is 6.50. The molecule has 0 saturated carbocycles. The molecule has 2 aromatic rings. The smallest absolute Gasteiger partial charge is 0.408 e. The molecule has 0 fully saturated rings. The van der Waals surface area contributed by atoms with E-state index in [1.165, 1.54) is 0 Å². The molecule has 8 heteroatoms. The molecule has 2 rings (SSSR count). The van der Waals surface area contributed by atoms with Gasteiger partial charge in [-0.25, -0.2) is 4.79 Å². The molecule has 2 N–H and O–H groups in total. The molecule has 2 atom stereocenters. The average Bonchev–Trinajstić information content (AvgIpc) is 2.86. The zero-order valence-electron chi connectivity index (χ0n) is 24.7. The molecule has 2 aromatic carbocycles. The number of aryl methyl sites for hydroxylation is 1. The fourth-order valence-corrected chi connectivity index (χ4v) is 4.28. The summed E-state index contributed by atoms with van der Waals surface area (Å²) in [6.45, 7) is 13.3. The summed E-state index contributed by atoms with van der Waals surface area (Å²) >= 11 is 0. The van der Waals surface area contributed by atoms with Gasteiger partial charge in [-0.05, 0) is 88.9 Å². The summed E-state index contributed by atoms with van der Waals surface area (Å²) in [7, 11) is 1.58. The number of rotatable bonds is 12. The molecule has 8 nitrogen and oxygen atoms in total. The lowest BCUT2D eigenvalue weighted by Crippen LogP contribution is -2.51. The van der Waals surface area contributed by atoms with Gasteiger partial charge in [0.05, 0.1) is 7.11 Å². The molecule has 0 heterocycles. The second-order valence-corrected chi connectivity index (χ2v) is 10.9. The number of carbonyl (C=O) groups is 3. The molecule has 0 saturated heterocycles. The normalized spacial score (nSPS) is 12.7. The quantitative estimate of drug-likeness (QED) is 0.308. The van der Waals surface area contributed by atoms with Crippen LogP contribution >= 0.6 is 0 Å². The number of alkyl carbamates (subject to hydrolysis) is 1. The van der Waals surface area contributed by atoms with Gasteiger partial charge < -0.3 is 25.0 Å². The van der Waals surface area contributed by atoms with Crippen molar-refractivity contribution in [2.24, 2.45) is 0 Å². The maximum atomic E-state index is 13.9. The van der Waals surface area contributed by atoms with E-state index in [2.05, 4.69) is 17.6 Å². The van der Waals surface area contributed by atoms with Crippen LogP contribution in [-0.4, -0.2) is 48.1 Å². The Bertz CT molecular complexity index is 1110. The fraction of sp³-hybridized carbons (Fsp3) is 0.516. The number of hydrogen-bond donors (Lipinski definition) is 2. The van der Waals surface area contributed by atoms with Crippen molar-refractivity contribution < 1.29 is 23.9 Å². The summed E-state index contributed by atoms with van der Waals surface area (Å²) in [5, 5.41) is 5.64. The lowest BCUT2D eigenvalue weighted by atomic mass is 9.94. The number of nitrogens with zero attached hydrogens (tertiary/aromatic N) is 1. The number of carbonyl (C=O) groups excluding carboxylic acids is 3. The first-order valence-electron chi connectivity index (χ1n) is 13.7. The Morgan fingerprint density at radius 1 is 0.974 bits per heavy atom. The van der Waals surface area contributed by atoms with Crippen molar-refractivity contribution in [2.45, 2.75) is 91.8 Å². The maximum absolute atomic E-state index is 13.9. The second kappa shape index (κ2) is 14.6. The molecule has 3 amide bonds. The van der Waals surface area contributed by atoms with Crippen molar-refractivity contribution in [3.05, 3.63) is 59.2 Å². The number of nitrogens with one attached hydrogen (secondary N) is 2. The third kappa shape index (κ3) is 9.61. The average molecular weight is 540 g/mol. The summed E-state index contributed by atoms with van der Waals surface area (Å²) in [4.78, 5) is 41.9. The van der Waals surface area contributed by atoms with E-state index in [9.17, 15) is 14.4 Å². The summed E-state index contributed by atoms with van der Waals surface area (Å²) in [6, 6.07) is 11.0. The van der Waals surface area contributed by atoms with Crippen LogP contribution in [0, 0.1) is 13.8 Å². The van der Waals surface area contributed by atoms with E-state index in [1.807, 2.05) is 32.0 Å². The number of benzene rings is 2. The van der Waals surface area contributed by atoms with Crippen LogP contribution in [0.2, 0.25) is 0 Å². The lowest BCUT2D eigenvalue weighted by Gasteiger charge is -2.34. The van der Waals surface area contributed by atoms with Gasteiger partial charge in [0, 0.05) is 12.2 Å². The first-order chi connectivity index (χ1) is 18.4. The predicted molar refractivity (Wildman–Crippen MR) is 155 cm³/mol. The summed E-state index contributed by atoms with van der Waals surface area (Å²) in [5.41, 5.74) is 2.59. The van der Waals surface area contributed by atoms with Crippen LogP contribution in [0.25, 0.3) is 0 Å². The molecule has 39 heavy (non-hydrogen) atoms. The van der Waals surface area contributed by atoms with Crippen molar-refractivity contribution >= 4 is 23.6 Å². The van der Waals surface area contributed by atoms with Crippen LogP contribution in [0.1, 0.15) is 83.0 Å². The van der Waals surface area contributed by atoms with Gasteiger partial charge in [0.15, 0.2) is 0 Å². The molecule has 0 aliphatic heterocycles. The number of methoxy groups -OCH3 is 1. The highest BCUT2D eigenvalue weighted by molar-refractivity contribution is 5.99. The van der Waals surface area contributed by atoms with E-state index in [1.54, 1.807) is 64.0 Å². The Kier molecular flexibility index (Phi) is 11.8. The number of ether oxygens (including phenoxy) is 2. The van der Waals surface area contributed by atoms with Gasteiger partial charge in [0.2, 0.25) is 5.91 Å². The number of amides is 3. The Balaban J connectivity index is 2.47. The predicted octanol–water partition coefficient (Wildman–Crippen LogP) is 6.31. The number of anilines is 1. The maximum Gasteiger partial charge on any atom is 0.408 e. The Labute approximate surface area is 233 Å². The van der Waals surface area contributed by atoms with Crippen LogP contribution in [0.3, 0.4) is 0 Å². The van der Waals surface area contributed by atoms with E-state index in [-0.39, 0.29) is 11.8 Å². The molecule has 0 spiro atoms. The Hall–Kier alpha value is -3.55. The summed E-state index contributed by atoms with van der Waals surface area (Å²) < 4.78 is 10.6. The minimum Gasteiger partial charge on any atom is -0.497 e. The summed E-state index contributed by atoms with van der Waals surface area (Å²) in [6.07, 6.45) is 3.05. The molecule has 2 unspecified atom stereocenters. The van der Waals surface area contributed by atoms with Gasteiger partial charge >= 0.3 is 6.09 Å². The van der Waals surface area contributed by atoms with Crippen LogP contribution < -0.4 is 15.4 Å². The van der Waals surface area contributed by atoms with Gasteiger partial charge in [0.25, 0.3) is 5.91 Å². The first-order valence-corrected chi connectivity index (χ1v) is 13.7. The minimum absolute atomic E-state index is 0.331. The van der Waals surface area contributed by atoms with Gasteiger partial charge in [0.1, 0.15) is 23.4 Å². The molecular weight excluding hydrogens is 494 g/mol. The largest absolute Gasteiger partial charge is 0.497 e. The van der Waals surface area contributed by atoms with Crippen LogP contribution in [-0.2, 0) is 14.3 Å². The first kappa shape index (κ1) is 31.7. The molecule has 0 aliphatic rings. The van der Waals surface area contributed by atoms with Crippen molar-refractivity contribution in [1.82, 2.24) is 10.2 Å². The lowest BCUT2D eigenvalue weighted by molar-refractivity contribution is -0.140. The van der Waals surface area contributed by atoms with E-state index < -0.39 is 23.8 Å². The van der Waals surface area contributed by atoms with E-state index >= 15 is 0 Å².